The van der Waals surface area contributed by atoms with Crippen LogP contribution in [0.25, 0.3) is 0 Å². The predicted molar refractivity (Wildman–Crippen MR) is 71.0 cm³/mol. The zero-order valence-electron chi connectivity index (χ0n) is 11.4. The Bertz CT molecular complexity index is 232. The van der Waals surface area contributed by atoms with Crippen LogP contribution >= 0.6 is 9.24 Å². The quantitative estimate of drug-likeness (QED) is 0.662. The first-order valence-corrected chi connectivity index (χ1v) is 6.34. The molecule has 0 aliphatic carbocycles. The molecule has 0 heterocycles. The van der Waals surface area contributed by atoms with Gasteiger partial charge in [-0.05, 0) is 23.7 Å². The third-order valence-electron chi connectivity index (χ3n) is 3.34. The van der Waals surface area contributed by atoms with Gasteiger partial charge in [0.2, 0.25) is 0 Å². The Morgan fingerprint density at radius 3 is 1.53 bits per heavy atom. The molecule has 0 rings (SSSR count). The highest BCUT2D eigenvalue weighted by Gasteiger charge is 2.46. The van der Waals surface area contributed by atoms with E-state index in [0.29, 0.717) is 0 Å². The number of rotatable bonds is 3. The molecule has 0 aliphatic heterocycles. The van der Waals surface area contributed by atoms with Crippen molar-refractivity contribution in [3.05, 3.63) is 0 Å². The van der Waals surface area contributed by atoms with Crippen molar-refractivity contribution in [2.24, 2.45) is 16.2 Å². The number of carbonyl (C=O) groups excluding carboxylic acids is 1. The van der Waals surface area contributed by atoms with Gasteiger partial charge >= 0.3 is 0 Å². The summed E-state index contributed by atoms with van der Waals surface area (Å²) in [5.41, 5.74) is 0.256. The van der Waals surface area contributed by atoms with Crippen molar-refractivity contribution in [1.82, 2.24) is 0 Å². The molecular formula is C13H27OP. The minimum atomic E-state index is -0.212. The van der Waals surface area contributed by atoms with Crippen LogP contribution in [0.3, 0.4) is 0 Å². The molecule has 0 spiro atoms. The summed E-state index contributed by atoms with van der Waals surface area (Å²) in [5.74, 6) is 0. The second kappa shape index (κ2) is 4.53. The summed E-state index contributed by atoms with van der Waals surface area (Å²) in [6.07, 6.45) is 1.86. The fourth-order valence-corrected chi connectivity index (χ4v) is 3.20. The maximum absolute atomic E-state index is 12.0. The molecule has 2 unspecified atom stereocenters. The fourth-order valence-electron chi connectivity index (χ4n) is 2.46. The number of carbonyl (C=O) groups is 1. The summed E-state index contributed by atoms with van der Waals surface area (Å²) in [4.78, 5) is 12.0. The molecule has 90 valence electrons. The SMILES string of the molecule is CCC(CC(C)(C)C)(C(=O)P)C(C)(C)C. The molecule has 1 nitrogen and oxygen atoms in total. The van der Waals surface area contributed by atoms with Crippen molar-refractivity contribution in [3.63, 3.8) is 0 Å². The van der Waals surface area contributed by atoms with E-state index in [1.165, 1.54) is 0 Å². The summed E-state index contributed by atoms with van der Waals surface area (Å²) < 4.78 is 0. The molecule has 0 saturated carbocycles. The van der Waals surface area contributed by atoms with Crippen LogP contribution < -0.4 is 0 Å². The first-order valence-electron chi connectivity index (χ1n) is 5.76. The maximum atomic E-state index is 12.0. The molecule has 0 fully saturated rings. The van der Waals surface area contributed by atoms with Crippen LogP contribution in [-0.4, -0.2) is 5.52 Å². The van der Waals surface area contributed by atoms with Crippen molar-refractivity contribution in [1.29, 1.82) is 0 Å². The lowest BCUT2D eigenvalue weighted by Gasteiger charge is -2.46. The molecule has 2 atom stereocenters. The van der Waals surface area contributed by atoms with Gasteiger partial charge in [-0.25, -0.2) is 0 Å². The number of hydrogen-bond acceptors (Lipinski definition) is 1. The second-order valence-electron chi connectivity index (χ2n) is 6.79. The van der Waals surface area contributed by atoms with E-state index in [9.17, 15) is 4.79 Å². The van der Waals surface area contributed by atoms with E-state index in [-0.39, 0.29) is 21.8 Å². The maximum Gasteiger partial charge on any atom is 0.154 e. The van der Waals surface area contributed by atoms with Crippen LogP contribution in [0.2, 0.25) is 0 Å². The highest BCUT2D eigenvalue weighted by atomic mass is 31.0. The third-order valence-corrected chi connectivity index (χ3v) is 3.90. The van der Waals surface area contributed by atoms with Crippen molar-refractivity contribution in [3.8, 4) is 0 Å². The average molecular weight is 230 g/mol. The standard InChI is InChI=1S/C13H27OP/c1-8-13(10(14)15,12(5,6)7)9-11(2,3)4/h8-9,15H2,1-7H3. The third kappa shape index (κ3) is 3.55. The van der Waals surface area contributed by atoms with Gasteiger partial charge in [-0.3, -0.25) is 4.79 Å². The molecule has 0 radical (unpaired) electrons. The van der Waals surface area contributed by atoms with Gasteiger partial charge in [-0.2, -0.15) is 0 Å². The van der Waals surface area contributed by atoms with Gasteiger partial charge in [-0.15, -0.1) is 0 Å². The van der Waals surface area contributed by atoms with Gasteiger partial charge < -0.3 is 0 Å². The molecule has 0 N–H and O–H groups in total. The van der Waals surface area contributed by atoms with Crippen molar-refractivity contribution in [2.45, 2.75) is 61.3 Å². The fraction of sp³-hybridized carbons (Fsp3) is 0.923. The van der Waals surface area contributed by atoms with Gasteiger partial charge in [0.25, 0.3) is 0 Å². The van der Waals surface area contributed by atoms with Crippen LogP contribution in [0.1, 0.15) is 61.3 Å². The number of hydrogen-bond donors (Lipinski definition) is 0. The van der Waals surface area contributed by atoms with E-state index in [1.807, 2.05) is 0 Å². The Kier molecular flexibility index (Phi) is 4.56. The van der Waals surface area contributed by atoms with Crippen LogP contribution in [0.15, 0.2) is 0 Å². The Hall–Kier alpha value is 0.100. The molecule has 0 aromatic rings. The van der Waals surface area contributed by atoms with E-state index < -0.39 is 0 Å². The lowest BCUT2D eigenvalue weighted by atomic mass is 9.59. The first kappa shape index (κ1) is 15.1. The van der Waals surface area contributed by atoms with Crippen LogP contribution in [0.4, 0.5) is 0 Å². The van der Waals surface area contributed by atoms with Crippen LogP contribution in [0, 0.1) is 16.2 Å². The zero-order valence-corrected chi connectivity index (χ0v) is 12.6. The van der Waals surface area contributed by atoms with Crippen molar-refractivity contribution in [2.75, 3.05) is 0 Å². The van der Waals surface area contributed by atoms with E-state index >= 15 is 0 Å². The van der Waals surface area contributed by atoms with E-state index in [1.54, 1.807) is 0 Å². The molecule has 0 bridgehead atoms. The Morgan fingerprint density at radius 1 is 1.07 bits per heavy atom. The molecule has 0 aliphatic rings. The molecule has 0 saturated heterocycles. The van der Waals surface area contributed by atoms with Gasteiger partial charge in [0.15, 0.2) is 5.52 Å². The smallest absolute Gasteiger partial charge is 0.154 e. The summed E-state index contributed by atoms with van der Waals surface area (Å²) in [5, 5.41) is 0. The van der Waals surface area contributed by atoms with Gasteiger partial charge in [0.05, 0.1) is 0 Å². The van der Waals surface area contributed by atoms with Crippen molar-refractivity contribution >= 4 is 14.8 Å². The highest BCUT2D eigenvalue weighted by Crippen LogP contribution is 2.50. The summed E-state index contributed by atoms with van der Waals surface area (Å²) in [7, 11) is 2.40. The van der Waals surface area contributed by atoms with E-state index in [2.05, 4.69) is 57.7 Å². The largest absolute Gasteiger partial charge is 0.295 e. The second-order valence-corrected chi connectivity index (χ2v) is 7.31. The molecular weight excluding hydrogens is 203 g/mol. The lowest BCUT2D eigenvalue weighted by Crippen LogP contribution is -2.43. The first-order chi connectivity index (χ1) is 6.46. The minimum Gasteiger partial charge on any atom is -0.295 e. The summed E-state index contributed by atoms with van der Waals surface area (Å²) in [6.45, 7) is 15.3. The van der Waals surface area contributed by atoms with E-state index in [4.69, 9.17) is 0 Å². The highest BCUT2D eigenvalue weighted by molar-refractivity contribution is 7.40. The van der Waals surface area contributed by atoms with Crippen molar-refractivity contribution < 1.29 is 4.79 Å². The summed E-state index contributed by atoms with van der Waals surface area (Å²) in [6, 6.07) is 0. The van der Waals surface area contributed by atoms with E-state index in [0.717, 1.165) is 12.8 Å². The van der Waals surface area contributed by atoms with Crippen LogP contribution in [-0.2, 0) is 4.79 Å². The van der Waals surface area contributed by atoms with Gasteiger partial charge in [-0.1, -0.05) is 57.7 Å². The van der Waals surface area contributed by atoms with Crippen LogP contribution in [0.5, 0.6) is 0 Å². The van der Waals surface area contributed by atoms with Gasteiger partial charge in [0, 0.05) is 5.41 Å². The predicted octanol–water partition coefficient (Wildman–Crippen LogP) is 4.27. The Morgan fingerprint density at radius 2 is 1.47 bits per heavy atom. The normalized spacial score (nSPS) is 17.3. The topological polar surface area (TPSA) is 17.1 Å². The lowest BCUT2D eigenvalue weighted by molar-refractivity contribution is -0.129. The van der Waals surface area contributed by atoms with Gasteiger partial charge in [0.1, 0.15) is 0 Å². The Labute approximate surface area is 97.6 Å². The zero-order chi connectivity index (χ0) is 12.5. The molecule has 15 heavy (non-hydrogen) atoms. The Balaban J connectivity index is 5.29. The molecule has 0 amide bonds. The summed E-state index contributed by atoms with van der Waals surface area (Å²) >= 11 is 0. The monoisotopic (exact) mass is 230 g/mol. The average Bonchev–Trinajstić information content (AvgIpc) is 1.95. The molecule has 0 aromatic carbocycles. The molecule has 2 heteroatoms. The minimum absolute atomic E-state index is 0.0217. The molecule has 0 aromatic heterocycles.